The highest BCUT2D eigenvalue weighted by molar-refractivity contribution is 7.10. The molecule has 0 spiro atoms. The third-order valence-corrected chi connectivity index (χ3v) is 4.26. The Kier molecular flexibility index (Phi) is 5.18. The van der Waals surface area contributed by atoms with Crippen molar-refractivity contribution in [3.8, 4) is 5.75 Å². The first kappa shape index (κ1) is 14.6. The van der Waals surface area contributed by atoms with Crippen molar-refractivity contribution in [3.05, 3.63) is 52.2 Å². The molecule has 1 heterocycles. The van der Waals surface area contributed by atoms with Crippen LogP contribution in [0.5, 0.6) is 5.75 Å². The van der Waals surface area contributed by atoms with E-state index >= 15 is 0 Å². The van der Waals surface area contributed by atoms with Crippen LogP contribution in [0.25, 0.3) is 0 Å². The lowest BCUT2D eigenvalue weighted by molar-refractivity contribution is -0.141. The zero-order chi connectivity index (χ0) is 14.4. The van der Waals surface area contributed by atoms with E-state index in [0.29, 0.717) is 6.42 Å². The molecule has 20 heavy (non-hydrogen) atoms. The molecule has 106 valence electrons. The number of hydrogen-bond acceptors (Lipinski definition) is 4. The zero-order valence-electron chi connectivity index (χ0n) is 11.7. The molecular formula is C16H18O3S. The van der Waals surface area contributed by atoms with Gasteiger partial charge in [-0.3, -0.25) is 4.79 Å². The van der Waals surface area contributed by atoms with Crippen LogP contribution < -0.4 is 4.74 Å². The summed E-state index contributed by atoms with van der Waals surface area (Å²) in [6.45, 7) is 0. The largest absolute Gasteiger partial charge is 0.497 e. The van der Waals surface area contributed by atoms with Crippen LogP contribution >= 0.6 is 11.3 Å². The van der Waals surface area contributed by atoms with Gasteiger partial charge in [0, 0.05) is 10.8 Å². The molecule has 0 saturated carbocycles. The molecule has 1 unspecified atom stereocenters. The molecule has 0 aliphatic rings. The van der Waals surface area contributed by atoms with E-state index in [4.69, 9.17) is 9.47 Å². The Bertz CT molecular complexity index is 531. The molecule has 1 aromatic carbocycles. The van der Waals surface area contributed by atoms with Gasteiger partial charge in [0.2, 0.25) is 0 Å². The molecule has 2 rings (SSSR count). The normalized spacial score (nSPS) is 11.9. The number of benzene rings is 1. The maximum Gasteiger partial charge on any atom is 0.306 e. The summed E-state index contributed by atoms with van der Waals surface area (Å²) in [5.41, 5.74) is 1.19. The van der Waals surface area contributed by atoms with Gasteiger partial charge >= 0.3 is 5.97 Å². The Labute approximate surface area is 123 Å². The molecule has 0 aliphatic carbocycles. The standard InChI is InChI=1S/C16H18O3S/c1-18-14-7-5-12(6-8-14)10-13(11-16(17)19-2)15-4-3-9-20-15/h3-9,13H,10-11H2,1-2H3. The second-order valence-corrected chi connectivity index (χ2v) is 5.52. The van der Waals surface area contributed by atoms with Crippen LogP contribution in [-0.4, -0.2) is 20.2 Å². The second-order valence-electron chi connectivity index (χ2n) is 4.54. The molecule has 0 saturated heterocycles. The van der Waals surface area contributed by atoms with Crippen LogP contribution in [0.1, 0.15) is 22.8 Å². The number of esters is 1. The summed E-state index contributed by atoms with van der Waals surface area (Å²) in [6, 6.07) is 12.0. The lowest BCUT2D eigenvalue weighted by Crippen LogP contribution is -2.10. The van der Waals surface area contributed by atoms with E-state index in [2.05, 4.69) is 6.07 Å². The van der Waals surface area contributed by atoms with Crippen LogP contribution in [0.2, 0.25) is 0 Å². The molecule has 0 N–H and O–H groups in total. The van der Waals surface area contributed by atoms with Crippen molar-refractivity contribution in [3.63, 3.8) is 0 Å². The summed E-state index contributed by atoms with van der Waals surface area (Å²) in [6.07, 6.45) is 1.22. The lowest BCUT2D eigenvalue weighted by Gasteiger charge is -2.14. The van der Waals surface area contributed by atoms with E-state index in [-0.39, 0.29) is 11.9 Å². The Morgan fingerprint density at radius 2 is 1.95 bits per heavy atom. The van der Waals surface area contributed by atoms with E-state index in [9.17, 15) is 4.79 Å². The Morgan fingerprint density at radius 1 is 1.20 bits per heavy atom. The molecule has 0 radical (unpaired) electrons. The SMILES string of the molecule is COC(=O)CC(Cc1ccc(OC)cc1)c1cccs1. The molecule has 2 aromatic rings. The fraction of sp³-hybridized carbons (Fsp3) is 0.312. The molecule has 4 heteroatoms. The predicted octanol–water partition coefficient (Wildman–Crippen LogP) is 3.65. The minimum Gasteiger partial charge on any atom is -0.497 e. The van der Waals surface area contributed by atoms with Gasteiger partial charge in [-0.15, -0.1) is 11.3 Å². The van der Waals surface area contributed by atoms with Gasteiger partial charge in [0.15, 0.2) is 0 Å². The van der Waals surface area contributed by atoms with Crippen molar-refractivity contribution in [2.45, 2.75) is 18.8 Å². The van der Waals surface area contributed by atoms with Crippen molar-refractivity contribution in [1.82, 2.24) is 0 Å². The molecule has 0 bridgehead atoms. The van der Waals surface area contributed by atoms with E-state index in [1.54, 1.807) is 18.4 Å². The number of rotatable bonds is 6. The first-order chi connectivity index (χ1) is 9.72. The first-order valence-electron chi connectivity index (χ1n) is 6.46. The van der Waals surface area contributed by atoms with Crippen LogP contribution in [0.3, 0.4) is 0 Å². The number of hydrogen-bond donors (Lipinski definition) is 0. The fourth-order valence-electron chi connectivity index (χ4n) is 2.13. The number of carbonyl (C=O) groups is 1. The summed E-state index contributed by atoms with van der Waals surface area (Å²) in [7, 11) is 3.09. The first-order valence-corrected chi connectivity index (χ1v) is 7.34. The average Bonchev–Trinajstić information content (AvgIpc) is 3.01. The van der Waals surface area contributed by atoms with Crippen LogP contribution in [0.15, 0.2) is 41.8 Å². The molecule has 1 aromatic heterocycles. The van der Waals surface area contributed by atoms with Gasteiger partial charge in [0.1, 0.15) is 5.75 Å². The van der Waals surface area contributed by atoms with Gasteiger partial charge in [-0.25, -0.2) is 0 Å². The summed E-state index contributed by atoms with van der Waals surface area (Å²) >= 11 is 1.68. The molecule has 1 atom stereocenters. The summed E-state index contributed by atoms with van der Waals surface area (Å²) in [5.74, 6) is 0.835. The molecular weight excluding hydrogens is 272 g/mol. The fourth-order valence-corrected chi connectivity index (χ4v) is 2.96. The lowest BCUT2D eigenvalue weighted by atomic mass is 9.94. The predicted molar refractivity (Wildman–Crippen MR) is 80.4 cm³/mol. The Morgan fingerprint density at radius 3 is 2.50 bits per heavy atom. The van der Waals surface area contributed by atoms with E-state index < -0.39 is 0 Å². The number of methoxy groups -OCH3 is 2. The number of carbonyl (C=O) groups excluding carboxylic acids is 1. The van der Waals surface area contributed by atoms with E-state index in [1.165, 1.54) is 17.6 Å². The highest BCUT2D eigenvalue weighted by atomic mass is 32.1. The van der Waals surface area contributed by atoms with Crippen LogP contribution in [-0.2, 0) is 16.0 Å². The van der Waals surface area contributed by atoms with Gasteiger partial charge in [-0.1, -0.05) is 18.2 Å². The monoisotopic (exact) mass is 290 g/mol. The third kappa shape index (κ3) is 3.84. The highest BCUT2D eigenvalue weighted by Crippen LogP contribution is 2.29. The van der Waals surface area contributed by atoms with E-state index in [1.807, 2.05) is 35.7 Å². The molecule has 0 fully saturated rings. The van der Waals surface area contributed by atoms with E-state index in [0.717, 1.165) is 12.2 Å². The van der Waals surface area contributed by atoms with Gasteiger partial charge in [-0.05, 0) is 35.6 Å². The number of ether oxygens (including phenoxy) is 2. The van der Waals surface area contributed by atoms with Crippen molar-refractivity contribution >= 4 is 17.3 Å². The van der Waals surface area contributed by atoms with Gasteiger partial charge in [0.05, 0.1) is 20.6 Å². The maximum atomic E-state index is 11.6. The van der Waals surface area contributed by atoms with Crippen molar-refractivity contribution in [2.24, 2.45) is 0 Å². The van der Waals surface area contributed by atoms with Crippen molar-refractivity contribution in [1.29, 1.82) is 0 Å². The summed E-state index contributed by atoms with van der Waals surface area (Å²) < 4.78 is 9.95. The molecule has 3 nitrogen and oxygen atoms in total. The van der Waals surface area contributed by atoms with Crippen molar-refractivity contribution in [2.75, 3.05) is 14.2 Å². The van der Waals surface area contributed by atoms with Gasteiger partial charge < -0.3 is 9.47 Å². The van der Waals surface area contributed by atoms with Crippen LogP contribution in [0, 0.1) is 0 Å². The topological polar surface area (TPSA) is 35.5 Å². The highest BCUT2D eigenvalue weighted by Gasteiger charge is 2.18. The zero-order valence-corrected chi connectivity index (χ0v) is 12.5. The van der Waals surface area contributed by atoms with Crippen molar-refractivity contribution < 1.29 is 14.3 Å². The van der Waals surface area contributed by atoms with Crippen LogP contribution in [0.4, 0.5) is 0 Å². The summed E-state index contributed by atoms with van der Waals surface area (Å²) in [5, 5.41) is 2.04. The van der Waals surface area contributed by atoms with Gasteiger partial charge in [-0.2, -0.15) is 0 Å². The number of thiophene rings is 1. The van der Waals surface area contributed by atoms with Gasteiger partial charge in [0.25, 0.3) is 0 Å². The molecule has 0 amide bonds. The quantitative estimate of drug-likeness (QED) is 0.762. The third-order valence-electron chi connectivity index (χ3n) is 3.23. The summed E-state index contributed by atoms with van der Waals surface area (Å²) in [4.78, 5) is 12.8. The molecule has 0 aliphatic heterocycles. The Balaban J connectivity index is 2.12. The Hall–Kier alpha value is -1.81. The smallest absolute Gasteiger partial charge is 0.306 e. The maximum absolute atomic E-state index is 11.6. The average molecular weight is 290 g/mol. The second kappa shape index (κ2) is 7.10. The minimum atomic E-state index is -0.170. The minimum absolute atomic E-state index is 0.163.